The SMILES string of the molecule is CCn1c(-c2cccc([N+](=O)[O-])c2)cnc1C. The molecule has 1 aromatic carbocycles. The quantitative estimate of drug-likeness (QED) is 0.602. The van der Waals surface area contributed by atoms with E-state index in [0.29, 0.717) is 0 Å². The van der Waals surface area contributed by atoms with E-state index in [1.807, 2.05) is 24.5 Å². The van der Waals surface area contributed by atoms with Gasteiger partial charge >= 0.3 is 0 Å². The Bertz CT molecular complexity index is 561. The summed E-state index contributed by atoms with van der Waals surface area (Å²) in [6.45, 7) is 4.74. The van der Waals surface area contributed by atoms with Crippen molar-refractivity contribution < 1.29 is 4.92 Å². The van der Waals surface area contributed by atoms with E-state index < -0.39 is 0 Å². The fourth-order valence-corrected chi connectivity index (χ4v) is 1.88. The maximum Gasteiger partial charge on any atom is 0.270 e. The minimum absolute atomic E-state index is 0.101. The maximum atomic E-state index is 10.7. The van der Waals surface area contributed by atoms with Crippen LogP contribution in [0.2, 0.25) is 0 Å². The number of hydrogen-bond acceptors (Lipinski definition) is 3. The molecule has 0 N–H and O–H groups in total. The van der Waals surface area contributed by atoms with Crippen molar-refractivity contribution in [3.05, 3.63) is 46.4 Å². The van der Waals surface area contributed by atoms with Crippen LogP contribution in [0, 0.1) is 17.0 Å². The normalized spacial score (nSPS) is 10.5. The van der Waals surface area contributed by atoms with Crippen molar-refractivity contribution in [3.63, 3.8) is 0 Å². The molecule has 0 spiro atoms. The third-order valence-electron chi connectivity index (χ3n) is 2.72. The average molecular weight is 231 g/mol. The predicted molar refractivity (Wildman–Crippen MR) is 64.7 cm³/mol. The average Bonchev–Trinajstić information content (AvgIpc) is 2.70. The second kappa shape index (κ2) is 4.37. The van der Waals surface area contributed by atoms with Gasteiger partial charge in [0.2, 0.25) is 0 Å². The second-order valence-corrected chi connectivity index (χ2v) is 3.74. The highest BCUT2D eigenvalue weighted by molar-refractivity contribution is 5.62. The smallest absolute Gasteiger partial charge is 0.270 e. The van der Waals surface area contributed by atoms with Gasteiger partial charge in [0, 0.05) is 24.2 Å². The van der Waals surface area contributed by atoms with Crippen LogP contribution in [0.15, 0.2) is 30.5 Å². The van der Waals surface area contributed by atoms with Gasteiger partial charge in [-0.3, -0.25) is 10.1 Å². The monoisotopic (exact) mass is 231 g/mol. The van der Waals surface area contributed by atoms with Gasteiger partial charge in [-0.05, 0) is 13.8 Å². The molecular weight excluding hydrogens is 218 g/mol. The van der Waals surface area contributed by atoms with Crippen molar-refractivity contribution in [2.45, 2.75) is 20.4 Å². The molecule has 0 saturated carbocycles. The molecule has 0 fully saturated rings. The number of imidazole rings is 1. The van der Waals surface area contributed by atoms with Crippen molar-refractivity contribution in [1.82, 2.24) is 9.55 Å². The molecule has 0 radical (unpaired) electrons. The molecule has 5 heteroatoms. The molecule has 0 bridgehead atoms. The number of hydrogen-bond donors (Lipinski definition) is 0. The van der Waals surface area contributed by atoms with Crippen LogP contribution in [0.5, 0.6) is 0 Å². The molecule has 5 nitrogen and oxygen atoms in total. The second-order valence-electron chi connectivity index (χ2n) is 3.74. The van der Waals surface area contributed by atoms with Gasteiger partial charge in [0.25, 0.3) is 5.69 Å². The Morgan fingerprint density at radius 1 is 1.47 bits per heavy atom. The molecule has 2 rings (SSSR count). The van der Waals surface area contributed by atoms with E-state index in [9.17, 15) is 10.1 Å². The van der Waals surface area contributed by atoms with E-state index in [1.54, 1.807) is 18.3 Å². The lowest BCUT2D eigenvalue weighted by Crippen LogP contribution is -1.99. The third kappa shape index (κ3) is 2.04. The zero-order valence-electron chi connectivity index (χ0n) is 9.75. The van der Waals surface area contributed by atoms with E-state index in [4.69, 9.17) is 0 Å². The highest BCUT2D eigenvalue weighted by Crippen LogP contribution is 2.24. The molecule has 88 valence electrons. The zero-order valence-corrected chi connectivity index (χ0v) is 9.75. The molecule has 0 amide bonds. The fourth-order valence-electron chi connectivity index (χ4n) is 1.88. The zero-order chi connectivity index (χ0) is 12.4. The van der Waals surface area contributed by atoms with E-state index in [-0.39, 0.29) is 10.6 Å². The van der Waals surface area contributed by atoms with Crippen LogP contribution in [0.3, 0.4) is 0 Å². The van der Waals surface area contributed by atoms with Crippen molar-refractivity contribution in [2.24, 2.45) is 0 Å². The third-order valence-corrected chi connectivity index (χ3v) is 2.72. The fraction of sp³-hybridized carbons (Fsp3) is 0.250. The van der Waals surface area contributed by atoms with Crippen LogP contribution >= 0.6 is 0 Å². The number of nitro benzene ring substituents is 1. The Morgan fingerprint density at radius 3 is 2.88 bits per heavy atom. The molecule has 0 atom stereocenters. The number of aromatic nitrogens is 2. The number of benzene rings is 1. The summed E-state index contributed by atoms with van der Waals surface area (Å²) >= 11 is 0. The summed E-state index contributed by atoms with van der Waals surface area (Å²) in [5, 5.41) is 10.7. The number of aryl methyl sites for hydroxylation is 1. The van der Waals surface area contributed by atoms with E-state index >= 15 is 0 Å². The Hall–Kier alpha value is -2.17. The largest absolute Gasteiger partial charge is 0.329 e. The number of nitrogens with zero attached hydrogens (tertiary/aromatic N) is 3. The molecule has 1 heterocycles. The van der Waals surface area contributed by atoms with Crippen molar-refractivity contribution in [1.29, 1.82) is 0 Å². The van der Waals surface area contributed by atoms with Gasteiger partial charge < -0.3 is 4.57 Å². The molecule has 17 heavy (non-hydrogen) atoms. The summed E-state index contributed by atoms with van der Waals surface area (Å²) in [5.74, 6) is 0.911. The maximum absolute atomic E-state index is 10.7. The minimum atomic E-state index is -0.386. The van der Waals surface area contributed by atoms with Crippen molar-refractivity contribution in [3.8, 4) is 11.3 Å². The van der Waals surface area contributed by atoms with Crippen LogP contribution < -0.4 is 0 Å². The summed E-state index contributed by atoms with van der Waals surface area (Å²) in [4.78, 5) is 14.6. The minimum Gasteiger partial charge on any atom is -0.329 e. The number of nitro groups is 1. The predicted octanol–water partition coefficient (Wildman–Crippen LogP) is 2.79. The molecule has 0 aliphatic heterocycles. The van der Waals surface area contributed by atoms with Crippen LogP contribution in [0.4, 0.5) is 5.69 Å². The Kier molecular flexibility index (Phi) is 2.91. The van der Waals surface area contributed by atoms with Crippen LogP contribution in [0.1, 0.15) is 12.7 Å². The van der Waals surface area contributed by atoms with Crippen LogP contribution in [-0.2, 0) is 6.54 Å². The van der Waals surface area contributed by atoms with Crippen LogP contribution in [0.25, 0.3) is 11.3 Å². The lowest BCUT2D eigenvalue weighted by Gasteiger charge is -2.06. The van der Waals surface area contributed by atoms with Crippen molar-refractivity contribution in [2.75, 3.05) is 0 Å². The summed E-state index contributed by atoms with van der Waals surface area (Å²) in [6.07, 6.45) is 1.75. The first-order valence-corrected chi connectivity index (χ1v) is 5.40. The number of non-ortho nitro benzene ring substituents is 1. The van der Waals surface area contributed by atoms with Crippen molar-refractivity contribution >= 4 is 5.69 Å². The topological polar surface area (TPSA) is 61.0 Å². The Balaban J connectivity index is 2.52. The first-order valence-electron chi connectivity index (χ1n) is 5.40. The molecule has 0 unspecified atom stereocenters. The number of rotatable bonds is 3. The van der Waals surface area contributed by atoms with Gasteiger partial charge in [-0.2, -0.15) is 0 Å². The van der Waals surface area contributed by atoms with E-state index in [0.717, 1.165) is 23.6 Å². The molecule has 0 aliphatic rings. The molecule has 1 aromatic heterocycles. The highest BCUT2D eigenvalue weighted by atomic mass is 16.6. The van der Waals surface area contributed by atoms with E-state index in [2.05, 4.69) is 4.98 Å². The van der Waals surface area contributed by atoms with Gasteiger partial charge in [-0.25, -0.2) is 4.98 Å². The van der Waals surface area contributed by atoms with Gasteiger partial charge in [0.1, 0.15) is 5.82 Å². The van der Waals surface area contributed by atoms with Gasteiger partial charge in [0.15, 0.2) is 0 Å². The van der Waals surface area contributed by atoms with Gasteiger partial charge in [-0.15, -0.1) is 0 Å². The summed E-state index contributed by atoms with van der Waals surface area (Å²) in [7, 11) is 0. The lowest BCUT2D eigenvalue weighted by molar-refractivity contribution is -0.384. The molecule has 0 aliphatic carbocycles. The Morgan fingerprint density at radius 2 is 2.24 bits per heavy atom. The van der Waals surface area contributed by atoms with Gasteiger partial charge in [0.05, 0.1) is 16.8 Å². The molecule has 2 aromatic rings. The summed E-state index contributed by atoms with van der Waals surface area (Å²) in [5.41, 5.74) is 1.83. The van der Waals surface area contributed by atoms with E-state index in [1.165, 1.54) is 6.07 Å². The molecular formula is C12H13N3O2. The Labute approximate surface area is 98.9 Å². The standard InChI is InChI=1S/C12H13N3O2/c1-3-14-9(2)13-8-12(14)10-5-4-6-11(7-10)15(16)17/h4-8H,3H2,1-2H3. The molecule has 0 saturated heterocycles. The first-order chi connectivity index (χ1) is 8.13. The van der Waals surface area contributed by atoms with Crippen LogP contribution in [-0.4, -0.2) is 14.5 Å². The highest BCUT2D eigenvalue weighted by Gasteiger charge is 2.11. The lowest BCUT2D eigenvalue weighted by atomic mass is 10.1. The summed E-state index contributed by atoms with van der Waals surface area (Å²) < 4.78 is 2.03. The van der Waals surface area contributed by atoms with Gasteiger partial charge in [-0.1, -0.05) is 12.1 Å². The first kappa shape index (κ1) is 11.3. The summed E-state index contributed by atoms with van der Waals surface area (Å²) in [6, 6.07) is 6.61.